The minimum absolute atomic E-state index is 0.0543. The van der Waals surface area contributed by atoms with Crippen molar-refractivity contribution in [2.45, 2.75) is 71.8 Å². The number of alkyl carbamates (subject to hydrolysis) is 1. The molecule has 2 atom stereocenters. The van der Waals surface area contributed by atoms with Gasteiger partial charge in [-0.05, 0) is 52.2 Å². The number of carbonyl (C=O) groups excluding carboxylic acids is 2. The fourth-order valence-electron chi connectivity index (χ4n) is 2.79. The van der Waals surface area contributed by atoms with E-state index in [0.717, 1.165) is 35.0 Å². The smallest absolute Gasteiger partial charge is 0.408 e. The van der Waals surface area contributed by atoms with Crippen molar-refractivity contribution < 1.29 is 18.7 Å². The summed E-state index contributed by atoms with van der Waals surface area (Å²) in [4.78, 5) is 24.5. The lowest BCUT2D eigenvalue weighted by Crippen LogP contribution is -2.37. The summed E-state index contributed by atoms with van der Waals surface area (Å²) in [6, 6.07) is 5.37. The molecule has 2 amide bonds. The van der Waals surface area contributed by atoms with Gasteiger partial charge >= 0.3 is 6.09 Å². The molecule has 0 spiro atoms. The zero-order valence-electron chi connectivity index (χ0n) is 19.2. The number of ether oxygens (including phenoxy) is 1. The van der Waals surface area contributed by atoms with E-state index in [2.05, 4.69) is 20.8 Å². The topological polar surface area (TPSA) is 106 Å². The van der Waals surface area contributed by atoms with E-state index >= 15 is 0 Å². The van der Waals surface area contributed by atoms with Crippen molar-refractivity contribution >= 4 is 29.4 Å². The standard InChI is InChI=1S/C22H32N4O4S/c1-8-14(3)18(24-20(28)30-22(5,6)7)19-25-26-21(29-19)31-12-17(27)23-16-10-9-13(2)11-15(16)4/h9-11,14,18H,8,12H2,1-7H3,(H,23,27)(H,24,28)/t14-,18-/m0/s1. The van der Waals surface area contributed by atoms with E-state index in [1.165, 1.54) is 0 Å². The first-order valence-corrected chi connectivity index (χ1v) is 11.3. The molecule has 0 aliphatic carbocycles. The van der Waals surface area contributed by atoms with Crippen LogP contribution in [0.25, 0.3) is 0 Å². The Morgan fingerprint density at radius 3 is 2.55 bits per heavy atom. The molecule has 1 heterocycles. The molecule has 170 valence electrons. The van der Waals surface area contributed by atoms with Crippen molar-refractivity contribution in [3.05, 3.63) is 35.2 Å². The van der Waals surface area contributed by atoms with Crippen molar-refractivity contribution in [1.29, 1.82) is 0 Å². The molecule has 0 aliphatic heterocycles. The third-order valence-electron chi connectivity index (χ3n) is 4.56. The van der Waals surface area contributed by atoms with Crippen LogP contribution < -0.4 is 10.6 Å². The summed E-state index contributed by atoms with van der Waals surface area (Å²) in [5.74, 6) is 0.306. The Balaban J connectivity index is 1.99. The molecular formula is C22H32N4O4S. The lowest BCUT2D eigenvalue weighted by Gasteiger charge is -2.24. The molecule has 0 radical (unpaired) electrons. The van der Waals surface area contributed by atoms with Crippen LogP contribution in [0.3, 0.4) is 0 Å². The van der Waals surface area contributed by atoms with Crippen molar-refractivity contribution in [1.82, 2.24) is 15.5 Å². The molecule has 0 fully saturated rings. The van der Waals surface area contributed by atoms with Crippen LogP contribution in [0.4, 0.5) is 10.5 Å². The van der Waals surface area contributed by atoms with Gasteiger partial charge in [0.15, 0.2) is 0 Å². The SMILES string of the molecule is CC[C@H](C)[C@H](NC(=O)OC(C)(C)C)c1nnc(SCC(=O)Nc2ccc(C)cc2C)o1. The van der Waals surface area contributed by atoms with Gasteiger partial charge in [0.05, 0.1) is 5.75 Å². The number of thioether (sulfide) groups is 1. The van der Waals surface area contributed by atoms with Crippen LogP contribution in [0.5, 0.6) is 0 Å². The predicted molar refractivity (Wildman–Crippen MR) is 121 cm³/mol. The molecule has 1 aromatic heterocycles. The molecule has 2 rings (SSSR count). The normalized spacial score (nSPS) is 13.4. The van der Waals surface area contributed by atoms with Gasteiger partial charge in [0, 0.05) is 5.69 Å². The maximum Gasteiger partial charge on any atom is 0.408 e. The molecule has 0 unspecified atom stereocenters. The molecule has 8 nitrogen and oxygen atoms in total. The molecule has 9 heteroatoms. The van der Waals surface area contributed by atoms with Crippen LogP contribution in [0.15, 0.2) is 27.8 Å². The number of aryl methyl sites for hydroxylation is 2. The molecule has 0 bridgehead atoms. The molecule has 0 saturated carbocycles. The van der Waals surface area contributed by atoms with Crippen molar-refractivity contribution in [2.24, 2.45) is 5.92 Å². The number of hydrogen-bond donors (Lipinski definition) is 2. The van der Waals surface area contributed by atoms with E-state index in [1.807, 2.05) is 45.9 Å². The number of rotatable bonds is 8. The van der Waals surface area contributed by atoms with Gasteiger partial charge in [-0.15, -0.1) is 10.2 Å². The van der Waals surface area contributed by atoms with Crippen LogP contribution in [-0.4, -0.2) is 33.6 Å². The number of aromatic nitrogens is 2. The van der Waals surface area contributed by atoms with Gasteiger partial charge < -0.3 is 19.8 Å². The van der Waals surface area contributed by atoms with Gasteiger partial charge in [0.2, 0.25) is 11.8 Å². The fourth-order valence-corrected chi connectivity index (χ4v) is 3.36. The lowest BCUT2D eigenvalue weighted by molar-refractivity contribution is -0.113. The first-order chi connectivity index (χ1) is 14.5. The Bertz CT molecular complexity index is 907. The van der Waals surface area contributed by atoms with Gasteiger partial charge in [0.1, 0.15) is 11.6 Å². The lowest BCUT2D eigenvalue weighted by atomic mass is 9.99. The van der Waals surface area contributed by atoms with Gasteiger partial charge in [0.25, 0.3) is 5.22 Å². The van der Waals surface area contributed by atoms with Gasteiger partial charge in [-0.2, -0.15) is 0 Å². The Morgan fingerprint density at radius 2 is 1.94 bits per heavy atom. The molecule has 1 aromatic carbocycles. The number of nitrogens with zero attached hydrogens (tertiary/aromatic N) is 2. The average Bonchev–Trinajstić information content (AvgIpc) is 3.13. The van der Waals surface area contributed by atoms with Crippen molar-refractivity contribution in [3.63, 3.8) is 0 Å². The second kappa shape index (κ2) is 10.7. The highest BCUT2D eigenvalue weighted by molar-refractivity contribution is 7.99. The summed E-state index contributed by atoms with van der Waals surface area (Å²) in [5.41, 5.74) is 2.31. The Kier molecular flexibility index (Phi) is 8.50. The van der Waals surface area contributed by atoms with E-state index in [1.54, 1.807) is 20.8 Å². The van der Waals surface area contributed by atoms with Crippen LogP contribution in [-0.2, 0) is 9.53 Å². The number of amides is 2. The van der Waals surface area contributed by atoms with Crippen molar-refractivity contribution in [3.8, 4) is 0 Å². The van der Waals surface area contributed by atoms with E-state index in [9.17, 15) is 9.59 Å². The number of nitrogens with one attached hydrogen (secondary N) is 2. The number of hydrogen-bond acceptors (Lipinski definition) is 7. The number of carbonyl (C=O) groups is 2. The first-order valence-electron chi connectivity index (χ1n) is 10.3. The third kappa shape index (κ3) is 7.90. The summed E-state index contributed by atoms with van der Waals surface area (Å²) in [6.45, 7) is 13.4. The Labute approximate surface area is 187 Å². The summed E-state index contributed by atoms with van der Waals surface area (Å²) in [6.07, 6.45) is 0.252. The fraction of sp³-hybridized carbons (Fsp3) is 0.545. The molecular weight excluding hydrogens is 416 g/mol. The first kappa shape index (κ1) is 24.7. The number of anilines is 1. The van der Waals surface area contributed by atoms with E-state index in [-0.39, 0.29) is 28.7 Å². The average molecular weight is 449 g/mol. The van der Waals surface area contributed by atoms with E-state index in [4.69, 9.17) is 9.15 Å². The van der Waals surface area contributed by atoms with Crippen LogP contribution in [0.2, 0.25) is 0 Å². The molecule has 0 saturated heterocycles. The molecule has 2 aromatic rings. The maximum absolute atomic E-state index is 12.3. The highest BCUT2D eigenvalue weighted by Crippen LogP contribution is 2.27. The quantitative estimate of drug-likeness (QED) is 0.546. The Morgan fingerprint density at radius 1 is 1.23 bits per heavy atom. The van der Waals surface area contributed by atoms with E-state index < -0.39 is 17.7 Å². The summed E-state index contributed by atoms with van der Waals surface area (Å²) in [7, 11) is 0. The minimum Gasteiger partial charge on any atom is -0.444 e. The number of benzene rings is 1. The molecule has 2 N–H and O–H groups in total. The summed E-state index contributed by atoms with van der Waals surface area (Å²) < 4.78 is 11.1. The zero-order valence-corrected chi connectivity index (χ0v) is 20.1. The third-order valence-corrected chi connectivity index (χ3v) is 5.37. The minimum atomic E-state index is -0.608. The van der Waals surface area contributed by atoms with E-state index in [0.29, 0.717) is 0 Å². The predicted octanol–water partition coefficient (Wildman–Crippen LogP) is 5.03. The van der Waals surface area contributed by atoms with Crippen LogP contribution in [0.1, 0.15) is 64.1 Å². The Hall–Kier alpha value is -2.55. The highest BCUT2D eigenvalue weighted by Gasteiger charge is 2.28. The second-order valence-electron chi connectivity index (χ2n) is 8.57. The van der Waals surface area contributed by atoms with Gasteiger partial charge in [-0.3, -0.25) is 4.79 Å². The summed E-state index contributed by atoms with van der Waals surface area (Å²) in [5, 5.41) is 14.1. The molecule has 0 aliphatic rings. The zero-order chi connectivity index (χ0) is 23.2. The summed E-state index contributed by atoms with van der Waals surface area (Å²) >= 11 is 1.15. The van der Waals surface area contributed by atoms with Crippen LogP contribution in [0, 0.1) is 19.8 Å². The highest BCUT2D eigenvalue weighted by atomic mass is 32.2. The maximum atomic E-state index is 12.3. The largest absolute Gasteiger partial charge is 0.444 e. The monoisotopic (exact) mass is 448 g/mol. The van der Waals surface area contributed by atoms with Crippen LogP contribution >= 0.6 is 11.8 Å². The van der Waals surface area contributed by atoms with Gasteiger partial charge in [-0.1, -0.05) is 49.7 Å². The van der Waals surface area contributed by atoms with Crippen molar-refractivity contribution in [2.75, 3.05) is 11.1 Å². The second-order valence-corrected chi connectivity index (χ2v) is 9.50. The van der Waals surface area contributed by atoms with Gasteiger partial charge in [-0.25, -0.2) is 4.79 Å². The molecule has 31 heavy (non-hydrogen) atoms.